The highest BCUT2D eigenvalue weighted by Gasteiger charge is 2.34. The van der Waals surface area contributed by atoms with Crippen molar-refractivity contribution >= 4 is 23.0 Å². The van der Waals surface area contributed by atoms with Crippen LogP contribution in [0.25, 0.3) is 0 Å². The van der Waals surface area contributed by atoms with Gasteiger partial charge in [-0.25, -0.2) is 4.99 Å². The van der Waals surface area contributed by atoms with Crippen LogP contribution in [0.2, 0.25) is 0 Å². The molecule has 2 aromatic carbocycles. The van der Waals surface area contributed by atoms with Crippen LogP contribution < -0.4 is 9.64 Å². The Morgan fingerprint density at radius 3 is 2.54 bits per heavy atom. The zero-order chi connectivity index (χ0) is 19.5. The van der Waals surface area contributed by atoms with Gasteiger partial charge in [0.05, 0.1) is 31.7 Å². The fourth-order valence-electron chi connectivity index (χ4n) is 3.61. The summed E-state index contributed by atoms with van der Waals surface area (Å²) in [5.74, 6) is 0.731. The van der Waals surface area contributed by atoms with E-state index in [-0.39, 0.29) is 5.91 Å². The van der Waals surface area contributed by atoms with Gasteiger partial charge in [0.2, 0.25) is 0 Å². The molecule has 1 amide bonds. The number of morpholine rings is 1. The van der Waals surface area contributed by atoms with Crippen molar-refractivity contribution in [2.75, 3.05) is 51.4 Å². The van der Waals surface area contributed by atoms with Gasteiger partial charge in [-0.05, 0) is 43.3 Å². The predicted octanol–water partition coefficient (Wildman–Crippen LogP) is 2.80. The number of carbonyl (C=O) groups excluding carboxylic acids is 1. The van der Waals surface area contributed by atoms with E-state index >= 15 is 0 Å². The molecule has 28 heavy (non-hydrogen) atoms. The Morgan fingerprint density at radius 2 is 1.82 bits per heavy atom. The summed E-state index contributed by atoms with van der Waals surface area (Å²) < 4.78 is 10.6. The van der Waals surface area contributed by atoms with E-state index in [4.69, 9.17) is 9.47 Å². The Labute approximate surface area is 165 Å². The van der Waals surface area contributed by atoms with Crippen LogP contribution in [0.15, 0.2) is 47.5 Å². The number of hydrogen-bond acceptors (Lipinski definition) is 5. The number of hydrogen-bond donors (Lipinski definition) is 0. The van der Waals surface area contributed by atoms with Crippen molar-refractivity contribution in [2.45, 2.75) is 6.92 Å². The molecule has 0 aliphatic carbocycles. The summed E-state index contributed by atoms with van der Waals surface area (Å²) in [4.78, 5) is 22.1. The lowest BCUT2D eigenvalue weighted by molar-refractivity contribution is -0.112. The Bertz CT molecular complexity index is 886. The molecule has 0 bridgehead atoms. The van der Waals surface area contributed by atoms with Crippen LogP contribution >= 0.6 is 0 Å². The molecular weight excluding hydrogens is 354 g/mol. The number of fused-ring (bicyclic) bond motifs is 1. The summed E-state index contributed by atoms with van der Waals surface area (Å²) in [7, 11) is 1.63. The zero-order valence-electron chi connectivity index (χ0n) is 16.4. The molecule has 6 nitrogen and oxygen atoms in total. The van der Waals surface area contributed by atoms with E-state index < -0.39 is 0 Å². The topological polar surface area (TPSA) is 54.4 Å². The third-order valence-corrected chi connectivity index (χ3v) is 5.20. The van der Waals surface area contributed by atoms with E-state index in [0.29, 0.717) is 12.3 Å². The highest BCUT2D eigenvalue weighted by atomic mass is 16.5. The van der Waals surface area contributed by atoms with Gasteiger partial charge in [-0.3, -0.25) is 9.69 Å². The summed E-state index contributed by atoms with van der Waals surface area (Å²) in [6.07, 6.45) is 0. The van der Waals surface area contributed by atoms with Gasteiger partial charge in [0.25, 0.3) is 5.91 Å². The van der Waals surface area contributed by atoms with Crippen LogP contribution in [0, 0.1) is 6.92 Å². The Morgan fingerprint density at radius 1 is 1.07 bits per heavy atom. The lowest BCUT2D eigenvalue weighted by atomic mass is 10.1. The number of aryl methyl sites for hydroxylation is 1. The Hall–Kier alpha value is -2.70. The van der Waals surface area contributed by atoms with E-state index in [9.17, 15) is 4.79 Å². The molecule has 0 N–H and O–H groups in total. The highest BCUT2D eigenvalue weighted by Crippen LogP contribution is 2.32. The number of rotatable bonds is 5. The normalized spacial score (nSPS) is 18.6. The summed E-state index contributed by atoms with van der Waals surface area (Å²) in [5, 5.41) is 0. The molecule has 146 valence electrons. The van der Waals surface area contributed by atoms with Crippen LogP contribution in [0.1, 0.15) is 11.1 Å². The Balaban J connectivity index is 1.61. The Kier molecular flexibility index (Phi) is 5.41. The van der Waals surface area contributed by atoms with Gasteiger partial charge in [-0.15, -0.1) is 0 Å². The molecule has 2 heterocycles. The first kappa shape index (κ1) is 18.7. The van der Waals surface area contributed by atoms with E-state index in [1.807, 2.05) is 54.3 Å². The number of nitrogens with zero attached hydrogens (tertiary/aromatic N) is 3. The molecule has 0 spiro atoms. The second-order valence-corrected chi connectivity index (χ2v) is 7.09. The third kappa shape index (κ3) is 3.79. The quantitative estimate of drug-likeness (QED) is 0.802. The van der Waals surface area contributed by atoms with Crippen molar-refractivity contribution in [3.05, 3.63) is 53.6 Å². The van der Waals surface area contributed by atoms with Crippen LogP contribution in [0.3, 0.4) is 0 Å². The minimum absolute atomic E-state index is 0.0373. The van der Waals surface area contributed by atoms with Crippen molar-refractivity contribution in [3.63, 3.8) is 0 Å². The lowest BCUT2D eigenvalue weighted by Gasteiger charge is -2.28. The van der Waals surface area contributed by atoms with Crippen LogP contribution in [0.5, 0.6) is 5.75 Å². The molecule has 1 fully saturated rings. The van der Waals surface area contributed by atoms with Gasteiger partial charge in [0.1, 0.15) is 11.5 Å². The minimum atomic E-state index is -0.0373. The van der Waals surface area contributed by atoms with E-state index in [0.717, 1.165) is 61.1 Å². The number of amides is 1. The zero-order valence-corrected chi connectivity index (χ0v) is 16.4. The standard InChI is InChI=1S/C22H25N3O3/c1-16-3-8-20-19(15-16)21(23-17-4-6-18(27-2)7-5-17)22(26)25(20)10-9-24-11-13-28-14-12-24/h3-8,15H,9-14H2,1-2H3. The van der Waals surface area contributed by atoms with E-state index in [1.165, 1.54) is 0 Å². The van der Waals surface area contributed by atoms with E-state index in [1.54, 1.807) is 7.11 Å². The molecule has 0 atom stereocenters. The SMILES string of the molecule is COc1ccc(N=C2C(=O)N(CCN3CCOCC3)c3ccc(C)cc32)cc1. The third-order valence-electron chi connectivity index (χ3n) is 5.20. The lowest BCUT2D eigenvalue weighted by Crippen LogP contribution is -2.42. The average Bonchev–Trinajstić information content (AvgIpc) is 2.98. The first-order chi connectivity index (χ1) is 13.7. The van der Waals surface area contributed by atoms with Crippen molar-refractivity contribution in [2.24, 2.45) is 4.99 Å². The molecule has 0 unspecified atom stereocenters. The molecule has 0 aromatic heterocycles. The molecule has 4 rings (SSSR count). The van der Waals surface area contributed by atoms with Crippen LogP contribution in [-0.4, -0.2) is 63.0 Å². The van der Waals surface area contributed by atoms with Crippen molar-refractivity contribution in [1.82, 2.24) is 4.90 Å². The molecule has 2 aliphatic heterocycles. The van der Waals surface area contributed by atoms with Crippen LogP contribution in [-0.2, 0) is 9.53 Å². The van der Waals surface area contributed by atoms with Gasteiger partial charge < -0.3 is 14.4 Å². The number of anilines is 1. The van der Waals surface area contributed by atoms with Crippen molar-refractivity contribution in [1.29, 1.82) is 0 Å². The number of methoxy groups -OCH3 is 1. The first-order valence-electron chi connectivity index (χ1n) is 9.61. The molecule has 2 aromatic rings. The number of ether oxygens (including phenoxy) is 2. The monoisotopic (exact) mass is 379 g/mol. The molecule has 0 saturated carbocycles. The molecule has 1 saturated heterocycles. The maximum absolute atomic E-state index is 13.2. The van der Waals surface area contributed by atoms with Crippen molar-refractivity contribution < 1.29 is 14.3 Å². The summed E-state index contributed by atoms with van der Waals surface area (Å²) in [6, 6.07) is 13.6. The first-order valence-corrected chi connectivity index (χ1v) is 9.61. The number of carbonyl (C=O) groups is 1. The van der Waals surface area contributed by atoms with Crippen LogP contribution in [0.4, 0.5) is 11.4 Å². The second kappa shape index (κ2) is 8.12. The number of benzene rings is 2. The summed E-state index contributed by atoms with van der Waals surface area (Å²) in [5.41, 5.74) is 4.21. The fraction of sp³-hybridized carbons (Fsp3) is 0.364. The van der Waals surface area contributed by atoms with E-state index in [2.05, 4.69) is 9.89 Å². The van der Waals surface area contributed by atoms with Gasteiger partial charge >= 0.3 is 0 Å². The minimum Gasteiger partial charge on any atom is -0.497 e. The predicted molar refractivity (Wildman–Crippen MR) is 110 cm³/mol. The van der Waals surface area contributed by atoms with Gasteiger partial charge in [-0.2, -0.15) is 0 Å². The average molecular weight is 379 g/mol. The summed E-state index contributed by atoms with van der Waals surface area (Å²) >= 11 is 0. The van der Waals surface area contributed by atoms with Gasteiger partial charge in [0, 0.05) is 31.7 Å². The number of aliphatic imine (C=N–C) groups is 1. The molecule has 0 radical (unpaired) electrons. The second-order valence-electron chi connectivity index (χ2n) is 7.09. The highest BCUT2D eigenvalue weighted by molar-refractivity contribution is 6.54. The molecule has 2 aliphatic rings. The maximum Gasteiger partial charge on any atom is 0.277 e. The summed E-state index contributed by atoms with van der Waals surface area (Å²) in [6.45, 7) is 6.86. The molecular formula is C22H25N3O3. The fourth-order valence-corrected chi connectivity index (χ4v) is 3.61. The smallest absolute Gasteiger partial charge is 0.277 e. The van der Waals surface area contributed by atoms with Gasteiger partial charge in [0.15, 0.2) is 0 Å². The van der Waals surface area contributed by atoms with Gasteiger partial charge in [-0.1, -0.05) is 11.6 Å². The maximum atomic E-state index is 13.2. The van der Waals surface area contributed by atoms with Crippen molar-refractivity contribution in [3.8, 4) is 5.75 Å². The molecule has 6 heteroatoms. The largest absolute Gasteiger partial charge is 0.497 e.